The van der Waals surface area contributed by atoms with Crippen molar-refractivity contribution >= 4 is 12.0 Å². The smallest absolute Gasteiger partial charge is 0.161 e. The van der Waals surface area contributed by atoms with Crippen molar-refractivity contribution < 1.29 is 14.3 Å². The molecule has 1 aliphatic heterocycles. The summed E-state index contributed by atoms with van der Waals surface area (Å²) < 4.78 is 13.9. The molecule has 0 N–H and O–H groups in total. The highest BCUT2D eigenvalue weighted by Gasteiger charge is 2.26. The number of aromatic nitrogens is 2. The molecule has 2 heterocycles. The zero-order valence-electron chi connectivity index (χ0n) is 18.7. The maximum absolute atomic E-state index is 11.9. The van der Waals surface area contributed by atoms with E-state index in [0.717, 1.165) is 52.4 Å². The highest BCUT2D eigenvalue weighted by molar-refractivity contribution is 5.86. The second kappa shape index (κ2) is 8.02. The molecule has 1 aromatic heterocycles. The molecule has 0 amide bonds. The number of benzene rings is 2. The molecule has 1 aliphatic carbocycles. The zero-order valence-corrected chi connectivity index (χ0v) is 18.7. The van der Waals surface area contributed by atoms with Crippen molar-refractivity contribution in [2.45, 2.75) is 58.5 Å². The van der Waals surface area contributed by atoms with Crippen molar-refractivity contribution in [2.24, 2.45) is 4.99 Å². The van der Waals surface area contributed by atoms with E-state index >= 15 is 0 Å². The lowest BCUT2D eigenvalue weighted by Crippen LogP contribution is -2.32. The van der Waals surface area contributed by atoms with Gasteiger partial charge >= 0.3 is 0 Å². The molecule has 2 aromatic carbocycles. The first-order chi connectivity index (χ1) is 15.4. The molecule has 0 saturated heterocycles. The Morgan fingerprint density at radius 3 is 2.75 bits per heavy atom. The number of fused-ring (bicyclic) bond motifs is 1. The van der Waals surface area contributed by atoms with E-state index in [1.807, 2.05) is 35.2 Å². The van der Waals surface area contributed by atoms with Crippen molar-refractivity contribution in [3.8, 4) is 22.7 Å². The largest absolute Gasteiger partial charge is 0.490 e. The number of nitrogens with zero attached hydrogens (tertiary/aromatic N) is 3. The summed E-state index contributed by atoms with van der Waals surface area (Å²) in [6.07, 6.45) is 4.48. The second-order valence-electron chi connectivity index (χ2n) is 8.95. The quantitative estimate of drug-likeness (QED) is 0.511. The molecule has 164 valence electrons. The van der Waals surface area contributed by atoms with Crippen LogP contribution in [0.2, 0.25) is 0 Å². The Morgan fingerprint density at radius 2 is 1.97 bits per heavy atom. The van der Waals surface area contributed by atoms with Gasteiger partial charge in [0.15, 0.2) is 5.78 Å². The van der Waals surface area contributed by atoms with E-state index in [0.29, 0.717) is 12.6 Å². The van der Waals surface area contributed by atoms with Crippen molar-refractivity contribution in [3.05, 3.63) is 65.4 Å². The van der Waals surface area contributed by atoms with Gasteiger partial charge in [0.25, 0.3) is 0 Å². The van der Waals surface area contributed by atoms with Gasteiger partial charge in [-0.1, -0.05) is 24.3 Å². The van der Waals surface area contributed by atoms with E-state index in [1.165, 1.54) is 0 Å². The van der Waals surface area contributed by atoms with Crippen LogP contribution in [-0.4, -0.2) is 33.5 Å². The highest BCUT2D eigenvalue weighted by Crippen LogP contribution is 2.33. The molecule has 0 radical (unpaired) electrons. The van der Waals surface area contributed by atoms with Crippen LogP contribution in [0.3, 0.4) is 0 Å². The van der Waals surface area contributed by atoms with Gasteiger partial charge in [-0.3, -0.25) is 9.79 Å². The van der Waals surface area contributed by atoms with Gasteiger partial charge < -0.3 is 9.47 Å². The van der Waals surface area contributed by atoms with Crippen LogP contribution in [-0.2, 0) is 22.7 Å². The van der Waals surface area contributed by atoms with Crippen molar-refractivity contribution in [3.63, 3.8) is 0 Å². The van der Waals surface area contributed by atoms with Crippen LogP contribution in [0.1, 0.15) is 50.4 Å². The number of ketones is 1. The summed E-state index contributed by atoms with van der Waals surface area (Å²) >= 11 is 0. The standard InChI is InChI=1S/C26H27N3O3/c1-17(30)26(2,3)31-16-20-13-25(18-6-4-8-22(12-18)32-21-10-11-21)29(28-20)24-9-5-7-19-14-27-15-23(19)24/h4-9,12-14,21H,10-11,15-16H2,1-3H3. The van der Waals surface area contributed by atoms with E-state index in [-0.39, 0.29) is 12.4 Å². The molecular formula is C26H27N3O3. The minimum atomic E-state index is -0.857. The Hall–Kier alpha value is -3.25. The molecular weight excluding hydrogens is 402 g/mol. The maximum Gasteiger partial charge on any atom is 0.161 e. The highest BCUT2D eigenvalue weighted by atomic mass is 16.5. The van der Waals surface area contributed by atoms with E-state index in [1.54, 1.807) is 20.8 Å². The van der Waals surface area contributed by atoms with E-state index in [9.17, 15) is 4.79 Å². The van der Waals surface area contributed by atoms with Crippen LogP contribution in [0.25, 0.3) is 16.9 Å². The fourth-order valence-electron chi connectivity index (χ4n) is 3.67. The Labute approximate surface area is 187 Å². The molecule has 0 bridgehead atoms. The number of hydrogen-bond acceptors (Lipinski definition) is 5. The topological polar surface area (TPSA) is 65.7 Å². The zero-order chi connectivity index (χ0) is 22.3. The maximum atomic E-state index is 11.9. The van der Waals surface area contributed by atoms with Crippen LogP contribution in [0, 0.1) is 0 Å². The van der Waals surface area contributed by atoms with Crippen LogP contribution in [0.4, 0.5) is 0 Å². The molecule has 0 unspecified atom stereocenters. The third-order valence-electron chi connectivity index (χ3n) is 6.04. The Bertz CT molecular complexity index is 1200. The van der Waals surface area contributed by atoms with Crippen molar-refractivity contribution in [1.82, 2.24) is 9.78 Å². The first kappa shape index (κ1) is 20.6. The van der Waals surface area contributed by atoms with Crippen LogP contribution >= 0.6 is 0 Å². The lowest BCUT2D eigenvalue weighted by molar-refractivity contribution is -0.139. The summed E-state index contributed by atoms with van der Waals surface area (Å²) in [7, 11) is 0. The van der Waals surface area contributed by atoms with Crippen molar-refractivity contribution in [1.29, 1.82) is 0 Å². The van der Waals surface area contributed by atoms with E-state index in [2.05, 4.69) is 29.3 Å². The normalized spacial score (nSPS) is 15.1. The Balaban J connectivity index is 1.55. The molecule has 32 heavy (non-hydrogen) atoms. The predicted octanol–water partition coefficient (Wildman–Crippen LogP) is 4.90. The molecule has 1 saturated carbocycles. The Morgan fingerprint density at radius 1 is 1.16 bits per heavy atom. The summed E-state index contributed by atoms with van der Waals surface area (Å²) in [4.78, 5) is 16.3. The van der Waals surface area contributed by atoms with Gasteiger partial charge in [0.2, 0.25) is 0 Å². The summed E-state index contributed by atoms with van der Waals surface area (Å²) in [6.45, 7) is 6.00. The number of carbonyl (C=O) groups is 1. The van der Waals surface area contributed by atoms with Gasteiger partial charge in [0.05, 0.1) is 36.3 Å². The molecule has 1 fully saturated rings. The minimum Gasteiger partial charge on any atom is -0.490 e. The van der Waals surface area contributed by atoms with E-state index < -0.39 is 5.60 Å². The van der Waals surface area contributed by atoms with Gasteiger partial charge in [-0.2, -0.15) is 5.10 Å². The summed E-state index contributed by atoms with van der Waals surface area (Å²) in [5.41, 5.74) is 5.14. The number of ether oxygens (including phenoxy) is 2. The Kier molecular flexibility index (Phi) is 5.18. The van der Waals surface area contributed by atoms with Gasteiger partial charge in [0, 0.05) is 17.3 Å². The van der Waals surface area contributed by atoms with Gasteiger partial charge in [-0.05, 0) is 63.4 Å². The number of carbonyl (C=O) groups excluding carboxylic acids is 1. The SMILES string of the molecule is CC(=O)C(C)(C)OCc1cc(-c2cccc(OC3CC3)c2)n(-c2cccc3c2CN=C3)n1. The third kappa shape index (κ3) is 4.10. The number of Topliss-reactive ketones (excluding diaryl/α,β-unsaturated/α-hetero) is 1. The van der Waals surface area contributed by atoms with Gasteiger partial charge in [-0.25, -0.2) is 4.68 Å². The molecule has 0 atom stereocenters. The molecule has 3 aromatic rings. The van der Waals surface area contributed by atoms with Gasteiger partial charge in [0.1, 0.15) is 11.4 Å². The van der Waals surface area contributed by atoms with E-state index in [4.69, 9.17) is 14.6 Å². The minimum absolute atomic E-state index is 0.0138. The fourth-order valence-corrected chi connectivity index (χ4v) is 3.67. The van der Waals surface area contributed by atoms with Crippen LogP contribution in [0.5, 0.6) is 5.75 Å². The fraction of sp³-hybridized carbons (Fsp3) is 0.346. The third-order valence-corrected chi connectivity index (χ3v) is 6.04. The predicted molar refractivity (Wildman–Crippen MR) is 123 cm³/mol. The molecule has 5 rings (SSSR count). The molecule has 6 nitrogen and oxygen atoms in total. The molecule has 2 aliphatic rings. The average molecular weight is 430 g/mol. The monoisotopic (exact) mass is 429 g/mol. The average Bonchev–Trinajstić information content (AvgIpc) is 3.28. The number of aliphatic imine (C=N–C) groups is 1. The van der Waals surface area contributed by atoms with Crippen molar-refractivity contribution in [2.75, 3.05) is 0 Å². The molecule has 0 spiro atoms. The number of rotatable bonds is 8. The summed E-state index contributed by atoms with van der Waals surface area (Å²) in [6, 6.07) is 16.3. The summed E-state index contributed by atoms with van der Waals surface area (Å²) in [5, 5.41) is 4.88. The lowest BCUT2D eigenvalue weighted by atomic mass is 10.1. The summed E-state index contributed by atoms with van der Waals surface area (Å²) in [5.74, 6) is 0.856. The van der Waals surface area contributed by atoms with Crippen LogP contribution < -0.4 is 4.74 Å². The first-order valence-electron chi connectivity index (χ1n) is 11.0. The lowest BCUT2D eigenvalue weighted by Gasteiger charge is -2.21. The molecule has 6 heteroatoms. The first-order valence-corrected chi connectivity index (χ1v) is 11.0. The van der Waals surface area contributed by atoms with Crippen LogP contribution in [0.15, 0.2) is 53.5 Å². The number of hydrogen-bond donors (Lipinski definition) is 0. The second-order valence-corrected chi connectivity index (χ2v) is 8.95. The van der Waals surface area contributed by atoms with Gasteiger partial charge in [-0.15, -0.1) is 0 Å².